The molecule has 0 radical (unpaired) electrons. The number of nitrogens with one attached hydrogen (secondary N) is 1. The summed E-state index contributed by atoms with van der Waals surface area (Å²) in [5, 5.41) is 29.0. The first kappa shape index (κ1) is 23.9. The van der Waals surface area contributed by atoms with E-state index < -0.39 is 12.2 Å². The third-order valence-electron chi connectivity index (χ3n) is 5.81. The maximum absolute atomic E-state index is 9.73. The number of hydrogen-bond donors (Lipinski definition) is 4. The Bertz CT molecular complexity index is 1080. The van der Waals surface area contributed by atoms with Gasteiger partial charge in [-0.15, -0.1) is 0 Å². The van der Waals surface area contributed by atoms with Gasteiger partial charge in [0.15, 0.2) is 5.65 Å². The smallest absolute Gasteiger partial charge is 0.296 e. The molecule has 1 aliphatic rings. The van der Waals surface area contributed by atoms with Gasteiger partial charge in [0.25, 0.3) is 6.01 Å². The summed E-state index contributed by atoms with van der Waals surface area (Å²) in [5.41, 5.74) is 3.20. The number of nitrogens with zero attached hydrogens (tertiary/aromatic N) is 2. The van der Waals surface area contributed by atoms with Gasteiger partial charge in [0.1, 0.15) is 12.2 Å². The number of ether oxygens (including phenoxy) is 3. The number of halogens is 1. The number of aromatic amines is 1. The van der Waals surface area contributed by atoms with Crippen molar-refractivity contribution in [2.24, 2.45) is 0 Å². The molecule has 1 aromatic carbocycles. The molecule has 3 aromatic rings. The lowest BCUT2D eigenvalue weighted by Crippen LogP contribution is -2.49. The van der Waals surface area contributed by atoms with E-state index in [1.807, 2.05) is 24.3 Å². The van der Waals surface area contributed by atoms with E-state index in [-0.39, 0.29) is 37.4 Å². The molecule has 4 N–H and O–H groups in total. The number of aliphatic hydroxyl groups is 3. The molecule has 0 aliphatic carbocycles. The molecule has 178 valence electrons. The molecule has 4 rings (SSSR count). The first-order chi connectivity index (χ1) is 15.8. The number of rotatable bonds is 10. The molecule has 3 heterocycles. The van der Waals surface area contributed by atoms with Crippen LogP contribution < -0.4 is 4.74 Å². The van der Waals surface area contributed by atoms with E-state index in [1.165, 1.54) is 0 Å². The van der Waals surface area contributed by atoms with Crippen molar-refractivity contribution in [3.8, 4) is 17.3 Å². The number of benzene rings is 1. The highest BCUT2D eigenvalue weighted by Crippen LogP contribution is 2.35. The van der Waals surface area contributed by atoms with Crippen LogP contribution in [0.25, 0.3) is 22.4 Å². The van der Waals surface area contributed by atoms with Gasteiger partial charge >= 0.3 is 0 Å². The number of aromatic nitrogens is 3. The summed E-state index contributed by atoms with van der Waals surface area (Å²) in [5.74, 6) is 0. The van der Waals surface area contributed by atoms with Crippen LogP contribution in [-0.4, -0.2) is 81.6 Å². The van der Waals surface area contributed by atoms with Crippen LogP contribution in [0, 0.1) is 0 Å². The number of aliphatic hydroxyl groups excluding tert-OH is 3. The molecule has 3 atom stereocenters. The third kappa shape index (κ3) is 4.98. The number of hydrogen-bond acceptors (Lipinski definition) is 8. The summed E-state index contributed by atoms with van der Waals surface area (Å²) >= 11 is 6.50. The molecular weight excluding hydrogens is 450 g/mol. The topological polar surface area (TPSA) is 130 Å². The molecule has 0 bridgehead atoms. The van der Waals surface area contributed by atoms with E-state index in [0.717, 1.165) is 11.1 Å². The first-order valence-corrected chi connectivity index (χ1v) is 11.2. The van der Waals surface area contributed by atoms with Crippen molar-refractivity contribution in [1.82, 2.24) is 15.0 Å². The van der Waals surface area contributed by atoms with Crippen molar-refractivity contribution in [3.05, 3.63) is 40.9 Å². The molecule has 2 aromatic heterocycles. The zero-order valence-electron chi connectivity index (χ0n) is 18.5. The van der Waals surface area contributed by atoms with Gasteiger partial charge in [0, 0.05) is 5.56 Å². The monoisotopic (exact) mass is 477 g/mol. The Hall–Kier alpha value is -2.27. The van der Waals surface area contributed by atoms with Gasteiger partial charge in [-0.1, -0.05) is 35.9 Å². The van der Waals surface area contributed by atoms with E-state index in [0.29, 0.717) is 35.1 Å². The minimum atomic E-state index is -0.788. The van der Waals surface area contributed by atoms with Gasteiger partial charge < -0.3 is 34.5 Å². The summed E-state index contributed by atoms with van der Waals surface area (Å²) < 4.78 is 16.5. The van der Waals surface area contributed by atoms with E-state index in [2.05, 4.69) is 15.0 Å². The predicted octanol–water partition coefficient (Wildman–Crippen LogP) is 2.06. The van der Waals surface area contributed by atoms with Gasteiger partial charge in [-0.25, -0.2) is 4.98 Å². The van der Waals surface area contributed by atoms with Crippen LogP contribution in [-0.2, 0) is 14.9 Å². The molecule has 10 heteroatoms. The van der Waals surface area contributed by atoms with E-state index in [1.54, 1.807) is 19.9 Å². The number of imidazole rings is 1. The van der Waals surface area contributed by atoms with Crippen LogP contribution >= 0.6 is 11.6 Å². The van der Waals surface area contributed by atoms with Crippen LogP contribution in [0.4, 0.5) is 0 Å². The lowest BCUT2D eigenvalue weighted by Gasteiger charge is -2.40. The van der Waals surface area contributed by atoms with Gasteiger partial charge in [0.05, 0.1) is 60.8 Å². The summed E-state index contributed by atoms with van der Waals surface area (Å²) in [6, 6.07) is 9.79. The minimum Gasteiger partial charge on any atom is -0.459 e. The van der Waals surface area contributed by atoms with Gasteiger partial charge in [0.2, 0.25) is 0 Å². The lowest BCUT2D eigenvalue weighted by molar-refractivity contribution is -0.0841. The molecule has 1 fully saturated rings. The fraction of sp³-hybridized carbons (Fsp3) is 0.478. The zero-order valence-corrected chi connectivity index (χ0v) is 19.2. The Morgan fingerprint density at radius 3 is 2.48 bits per heavy atom. The average molecular weight is 478 g/mol. The van der Waals surface area contributed by atoms with Crippen molar-refractivity contribution in [2.45, 2.75) is 37.6 Å². The predicted molar refractivity (Wildman–Crippen MR) is 123 cm³/mol. The second kappa shape index (κ2) is 9.92. The molecule has 0 amide bonds. The Labute approximate surface area is 196 Å². The first-order valence-electron chi connectivity index (χ1n) is 10.8. The molecule has 0 saturated carbocycles. The van der Waals surface area contributed by atoms with Crippen molar-refractivity contribution < 1.29 is 29.5 Å². The van der Waals surface area contributed by atoms with Crippen LogP contribution in [0.5, 0.6) is 6.01 Å². The maximum Gasteiger partial charge on any atom is 0.296 e. The van der Waals surface area contributed by atoms with Crippen LogP contribution in [0.15, 0.2) is 30.3 Å². The summed E-state index contributed by atoms with van der Waals surface area (Å²) in [7, 11) is 0. The van der Waals surface area contributed by atoms with Crippen LogP contribution in [0.2, 0.25) is 5.02 Å². The Balaban J connectivity index is 1.49. The van der Waals surface area contributed by atoms with E-state index in [4.69, 9.17) is 25.8 Å². The second-order valence-electron chi connectivity index (χ2n) is 8.46. The van der Waals surface area contributed by atoms with Crippen molar-refractivity contribution in [2.75, 3.05) is 33.0 Å². The summed E-state index contributed by atoms with van der Waals surface area (Å²) in [4.78, 5) is 12.1. The third-order valence-corrected chi connectivity index (χ3v) is 6.10. The molecular formula is C23H28ClN3O6. The van der Waals surface area contributed by atoms with Gasteiger partial charge in [-0.2, -0.15) is 4.98 Å². The van der Waals surface area contributed by atoms with E-state index >= 15 is 0 Å². The molecule has 1 aliphatic heterocycles. The fourth-order valence-electron chi connectivity index (χ4n) is 3.66. The Kier molecular flexibility index (Phi) is 7.18. The van der Waals surface area contributed by atoms with Gasteiger partial charge in [-0.05, 0) is 25.5 Å². The largest absolute Gasteiger partial charge is 0.459 e. The second-order valence-corrected chi connectivity index (χ2v) is 8.87. The number of pyridine rings is 1. The fourth-order valence-corrected chi connectivity index (χ4v) is 3.92. The zero-order chi connectivity index (χ0) is 23.6. The highest BCUT2D eigenvalue weighted by atomic mass is 35.5. The standard InChI is InChI=1S/C23H28ClN3O6/c1-13(9-32-19(8-28)14(2)30)33-22-25-18-7-17(24)20(26-21(18)27-22)15-3-5-16(6-4-15)23(10-29)11-31-12-23/h3-7,13-14,19,28-30H,8-12H2,1-2H3,(H,25,26,27)/t13-,14+,19-/m1/s1. The van der Waals surface area contributed by atoms with Crippen molar-refractivity contribution in [1.29, 1.82) is 0 Å². The summed E-state index contributed by atoms with van der Waals surface area (Å²) in [6.45, 7) is 4.29. The Morgan fingerprint density at radius 2 is 1.91 bits per heavy atom. The summed E-state index contributed by atoms with van der Waals surface area (Å²) in [6.07, 6.45) is -1.84. The molecule has 1 saturated heterocycles. The molecule has 0 unspecified atom stereocenters. The van der Waals surface area contributed by atoms with Crippen LogP contribution in [0.3, 0.4) is 0 Å². The highest BCUT2D eigenvalue weighted by molar-refractivity contribution is 6.33. The quantitative estimate of drug-likeness (QED) is 0.349. The SMILES string of the molecule is C[C@H](CO[C@H](CO)[C@H](C)O)Oc1nc2nc(-c3ccc(C4(CO)COC4)cc3)c(Cl)cc2[nH]1. The normalized spacial score (nSPS) is 18.0. The Morgan fingerprint density at radius 1 is 1.18 bits per heavy atom. The highest BCUT2D eigenvalue weighted by Gasteiger charge is 2.39. The van der Waals surface area contributed by atoms with Crippen LogP contribution in [0.1, 0.15) is 19.4 Å². The minimum absolute atomic E-state index is 0.0382. The number of fused-ring (bicyclic) bond motifs is 1. The maximum atomic E-state index is 9.73. The number of H-pyrrole nitrogens is 1. The lowest BCUT2D eigenvalue weighted by atomic mass is 9.79. The molecule has 0 spiro atoms. The van der Waals surface area contributed by atoms with Crippen molar-refractivity contribution >= 4 is 22.8 Å². The molecule has 33 heavy (non-hydrogen) atoms. The van der Waals surface area contributed by atoms with Gasteiger partial charge in [-0.3, -0.25) is 0 Å². The molecule has 9 nitrogen and oxygen atoms in total. The average Bonchev–Trinajstić information content (AvgIpc) is 3.14. The van der Waals surface area contributed by atoms with E-state index in [9.17, 15) is 15.3 Å². The van der Waals surface area contributed by atoms with Crippen molar-refractivity contribution in [3.63, 3.8) is 0 Å².